The van der Waals surface area contributed by atoms with Gasteiger partial charge in [-0.1, -0.05) is 60.7 Å². The van der Waals surface area contributed by atoms with E-state index in [-0.39, 0.29) is 12.2 Å². The van der Waals surface area contributed by atoms with Crippen molar-refractivity contribution in [1.29, 1.82) is 5.26 Å². The van der Waals surface area contributed by atoms with Gasteiger partial charge in [0.15, 0.2) is 0 Å². The summed E-state index contributed by atoms with van der Waals surface area (Å²) in [4.78, 5) is 24.0. The number of carbonyl (C=O) groups excluding carboxylic acids is 2. The number of nitrogens with one attached hydrogen (secondary N) is 1. The second-order valence-corrected chi connectivity index (χ2v) is 7.18. The van der Waals surface area contributed by atoms with E-state index >= 15 is 0 Å². The summed E-state index contributed by atoms with van der Waals surface area (Å²) in [5, 5.41) is 12.3. The molecule has 6 heteroatoms. The Labute approximate surface area is 193 Å². The van der Waals surface area contributed by atoms with Crippen molar-refractivity contribution in [1.82, 2.24) is 5.32 Å². The lowest BCUT2D eigenvalue weighted by molar-refractivity contribution is -0.117. The normalized spacial score (nSPS) is 10.7. The van der Waals surface area contributed by atoms with Crippen LogP contribution in [-0.4, -0.2) is 25.5 Å². The number of carbonyl (C=O) groups is 2. The molecule has 3 aromatic rings. The maximum absolute atomic E-state index is 12.5. The van der Waals surface area contributed by atoms with Crippen molar-refractivity contribution in [2.75, 3.05) is 13.7 Å². The average Bonchev–Trinajstić information content (AvgIpc) is 2.87. The molecular weight excluding hydrogens is 416 g/mol. The van der Waals surface area contributed by atoms with E-state index in [0.717, 1.165) is 11.1 Å². The molecular formula is C27H24N2O4. The van der Waals surface area contributed by atoms with Crippen molar-refractivity contribution in [3.8, 4) is 11.8 Å². The van der Waals surface area contributed by atoms with Crippen LogP contribution in [0.2, 0.25) is 0 Å². The van der Waals surface area contributed by atoms with Crippen LogP contribution in [0.1, 0.15) is 27.0 Å². The van der Waals surface area contributed by atoms with Gasteiger partial charge in [-0.3, -0.25) is 4.79 Å². The molecule has 0 heterocycles. The fourth-order valence-corrected chi connectivity index (χ4v) is 3.11. The van der Waals surface area contributed by atoms with Gasteiger partial charge >= 0.3 is 5.97 Å². The highest BCUT2D eigenvalue weighted by Crippen LogP contribution is 2.22. The van der Waals surface area contributed by atoms with E-state index in [2.05, 4.69) is 5.32 Å². The first kappa shape index (κ1) is 23.3. The van der Waals surface area contributed by atoms with Crippen LogP contribution in [0.15, 0.2) is 84.4 Å². The van der Waals surface area contributed by atoms with Gasteiger partial charge < -0.3 is 14.8 Å². The Hall–Kier alpha value is -4.37. The molecule has 0 radical (unpaired) electrons. The summed E-state index contributed by atoms with van der Waals surface area (Å²) in [5.74, 6) is -0.287. The summed E-state index contributed by atoms with van der Waals surface area (Å²) in [6.45, 7) is 0.693. The standard InChI is InChI=1S/C27H24N2O4/c1-32-27(31)22-13-11-21(12-14-22)19-33-25-10-6-5-9-23(25)17-24(18-28)26(30)29-16-15-20-7-3-2-4-8-20/h2-14,17H,15-16,19H2,1H3,(H,29,30)/b24-17+. The van der Waals surface area contributed by atoms with Crippen LogP contribution in [-0.2, 0) is 22.6 Å². The Morgan fingerprint density at radius 2 is 1.64 bits per heavy atom. The van der Waals surface area contributed by atoms with Crippen LogP contribution in [0.3, 0.4) is 0 Å². The van der Waals surface area contributed by atoms with Gasteiger partial charge in [-0.05, 0) is 41.8 Å². The van der Waals surface area contributed by atoms with Gasteiger partial charge in [-0.15, -0.1) is 0 Å². The molecule has 0 aliphatic heterocycles. The Bertz CT molecular complexity index is 1160. The Kier molecular flexibility index (Phi) is 8.38. The third-order valence-corrected chi connectivity index (χ3v) is 4.90. The molecule has 1 amide bonds. The highest BCUT2D eigenvalue weighted by molar-refractivity contribution is 6.02. The van der Waals surface area contributed by atoms with E-state index in [1.165, 1.54) is 13.2 Å². The molecule has 166 valence electrons. The predicted molar refractivity (Wildman–Crippen MR) is 125 cm³/mol. The number of para-hydroxylation sites is 1. The molecule has 33 heavy (non-hydrogen) atoms. The molecule has 0 unspecified atom stereocenters. The van der Waals surface area contributed by atoms with Crippen LogP contribution < -0.4 is 10.1 Å². The third-order valence-electron chi connectivity index (χ3n) is 4.90. The number of methoxy groups -OCH3 is 1. The van der Waals surface area contributed by atoms with Gasteiger partial charge in [0.05, 0.1) is 12.7 Å². The number of esters is 1. The summed E-state index contributed by atoms with van der Waals surface area (Å²) < 4.78 is 10.6. The van der Waals surface area contributed by atoms with E-state index < -0.39 is 11.9 Å². The monoisotopic (exact) mass is 440 g/mol. The minimum Gasteiger partial charge on any atom is -0.488 e. The maximum atomic E-state index is 12.5. The zero-order valence-electron chi connectivity index (χ0n) is 18.3. The van der Waals surface area contributed by atoms with Gasteiger partial charge in [0.2, 0.25) is 0 Å². The van der Waals surface area contributed by atoms with Crippen LogP contribution in [0.5, 0.6) is 5.75 Å². The van der Waals surface area contributed by atoms with Crippen molar-refractivity contribution in [2.45, 2.75) is 13.0 Å². The van der Waals surface area contributed by atoms with Crippen molar-refractivity contribution >= 4 is 18.0 Å². The third kappa shape index (κ3) is 6.81. The lowest BCUT2D eigenvalue weighted by atomic mass is 10.1. The molecule has 0 fully saturated rings. The number of hydrogen-bond donors (Lipinski definition) is 1. The minimum absolute atomic E-state index is 0.00143. The molecule has 0 atom stereocenters. The molecule has 3 rings (SSSR count). The summed E-state index contributed by atoms with van der Waals surface area (Å²) >= 11 is 0. The number of ether oxygens (including phenoxy) is 2. The topological polar surface area (TPSA) is 88.4 Å². The highest BCUT2D eigenvalue weighted by Gasteiger charge is 2.11. The quantitative estimate of drug-likeness (QED) is 0.304. The second kappa shape index (κ2) is 11.9. The first-order chi connectivity index (χ1) is 16.1. The summed E-state index contributed by atoms with van der Waals surface area (Å²) in [6.07, 6.45) is 2.20. The zero-order valence-corrected chi connectivity index (χ0v) is 18.3. The number of nitrogens with zero attached hydrogens (tertiary/aromatic N) is 1. The van der Waals surface area contributed by atoms with Crippen molar-refractivity contribution in [3.05, 3.63) is 107 Å². The molecule has 0 aliphatic carbocycles. The molecule has 0 aliphatic rings. The molecule has 1 N–H and O–H groups in total. The van der Waals surface area contributed by atoms with Crippen molar-refractivity contribution in [3.63, 3.8) is 0 Å². The second-order valence-electron chi connectivity index (χ2n) is 7.18. The predicted octanol–water partition coefficient (Wildman–Crippen LogP) is 4.32. The Morgan fingerprint density at radius 1 is 0.939 bits per heavy atom. The fraction of sp³-hybridized carbons (Fsp3) is 0.148. The first-order valence-electron chi connectivity index (χ1n) is 10.4. The van der Waals surface area contributed by atoms with Crippen LogP contribution in [0.25, 0.3) is 6.08 Å². The Balaban J connectivity index is 1.64. The maximum Gasteiger partial charge on any atom is 0.337 e. The highest BCUT2D eigenvalue weighted by atomic mass is 16.5. The summed E-state index contributed by atoms with van der Waals surface area (Å²) in [6, 6.07) is 25.9. The van der Waals surface area contributed by atoms with Crippen LogP contribution in [0.4, 0.5) is 0 Å². The lowest BCUT2D eigenvalue weighted by Gasteiger charge is -2.10. The zero-order chi connectivity index (χ0) is 23.5. The van der Waals surface area contributed by atoms with E-state index in [1.54, 1.807) is 36.4 Å². The fourth-order valence-electron chi connectivity index (χ4n) is 3.11. The van der Waals surface area contributed by atoms with Crippen molar-refractivity contribution < 1.29 is 19.1 Å². The number of hydrogen-bond acceptors (Lipinski definition) is 5. The summed E-state index contributed by atoms with van der Waals surface area (Å²) in [5.41, 5.74) is 3.06. The molecule has 6 nitrogen and oxygen atoms in total. The molecule has 0 aromatic heterocycles. The van der Waals surface area contributed by atoms with Gasteiger partial charge in [0, 0.05) is 12.1 Å². The molecule has 0 saturated heterocycles. The van der Waals surface area contributed by atoms with Crippen LogP contribution >= 0.6 is 0 Å². The number of rotatable bonds is 9. The smallest absolute Gasteiger partial charge is 0.337 e. The number of nitriles is 1. The SMILES string of the molecule is COC(=O)c1ccc(COc2ccccc2/C=C(\C#N)C(=O)NCCc2ccccc2)cc1. The van der Waals surface area contributed by atoms with Gasteiger partial charge in [0.25, 0.3) is 5.91 Å². The van der Waals surface area contributed by atoms with Crippen molar-refractivity contribution in [2.24, 2.45) is 0 Å². The van der Waals surface area contributed by atoms with Gasteiger partial charge in [-0.25, -0.2) is 4.79 Å². The van der Waals surface area contributed by atoms with E-state index in [1.807, 2.05) is 48.5 Å². The molecule has 0 saturated carbocycles. The molecule has 0 bridgehead atoms. The van der Waals surface area contributed by atoms with Gasteiger partial charge in [0.1, 0.15) is 24.0 Å². The first-order valence-corrected chi connectivity index (χ1v) is 10.4. The average molecular weight is 440 g/mol. The largest absolute Gasteiger partial charge is 0.488 e. The lowest BCUT2D eigenvalue weighted by Crippen LogP contribution is -2.26. The summed E-state index contributed by atoms with van der Waals surface area (Å²) in [7, 11) is 1.34. The molecule has 0 spiro atoms. The molecule has 3 aromatic carbocycles. The van der Waals surface area contributed by atoms with Crippen LogP contribution in [0, 0.1) is 11.3 Å². The number of amides is 1. The van der Waals surface area contributed by atoms with E-state index in [9.17, 15) is 14.9 Å². The van der Waals surface area contributed by atoms with Gasteiger partial charge in [-0.2, -0.15) is 5.26 Å². The number of benzene rings is 3. The van der Waals surface area contributed by atoms with E-state index in [0.29, 0.717) is 29.8 Å². The minimum atomic E-state index is -0.429. The Morgan fingerprint density at radius 3 is 2.33 bits per heavy atom. The van der Waals surface area contributed by atoms with E-state index in [4.69, 9.17) is 9.47 Å².